The molecule has 0 fully saturated rings. The van der Waals surface area contributed by atoms with Crippen LogP contribution in [0.2, 0.25) is 0 Å². The number of amides is 1. The van der Waals surface area contributed by atoms with Crippen LogP contribution in [0.1, 0.15) is 37.6 Å². The lowest BCUT2D eigenvalue weighted by molar-refractivity contribution is 0.0577. The Bertz CT molecular complexity index is 706. The van der Waals surface area contributed by atoms with Gasteiger partial charge in [-0.25, -0.2) is 4.79 Å². The van der Waals surface area contributed by atoms with Gasteiger partial charge in [-0.05, 0) is 46.1 Å². The molecule has 130 valence electrons. The smallest absolute Gasteiger partial charge is 0.415 e. The standard InChI is InChI=1S/C18H24N2O3S/c1-12-9-19-15(13(2)16(12)22-6)10-20(14-7-8-24-11-14)17(21)23-18(3,4)5/h7-9,11H,10H2,1-6H3. The number of hydrogen-bond acceptors (Lipinski definition) is 5. The first-order valence-corrected chi connectivity index (χ1v) is 8.69. The minimum Gasteiger partial charge on any atom is -0.496 e. The third-order valence-corrected chi connectivity index (χ3v) is 4.16. The van der Waals surface area contributed by atoms with Crippen molar-refractivity contribution in [3.05, 3.63) is 39.8 Å². The van der Waals surface area contributed by atoms with E-state index in [0.29, 0.717) is 6.54 Å². The summed E-state index contributed by atoms with van der Waals surface area (Å²) in [7, 11) is 1.64. The predicted molar refractivity (Wildman–Crippen MR) is 97.0 cm³/mol. The first-order valence-electron chi connectivity index (χ1n) is 7.74. The molecule has 0 unspecified atom stereocenters. The fourth-order valence-corrected chi connectivity index (χ4v) is 3.01. The topological polar surface area (TPSA) is 51.7 Å². The summed E-state index contributed by atoms with van der Waals surface area (Å²) < 4.78 is 11.0. The van der Waals surface area contributed by atoms with E-state index in [0.717, 1.165) is 28.3 Å². The van der Waals surface area contributed by atoms with Crippen molar-refractivity contribution in [1.29, 1.82) is 0 Å². The minimum atomic E-state index is -0.557. The molecule has 0 aliphatic carbocycles. The second-order valence-electron chi connectivity index (χ2n) is 6.59. The number of rotatable bonds is 4. The third-order valence-electron chi connectivity index (χ3n) is 3.49. The first-order chi connectivity index (χ1) is 11.2. The molecule has 5 nitrogen and oxygen atoms in total. The Morgan fingerprint density at radius 2 is 2.04 bits per heavy atom. The number of anilines is 1. The molecule has 0 radical (unpaired) electrons. The van der Waals surface area contributed by atoms with Gasteiger partial charge in [0.25, 0.3) is 0 Å². The highest BCUT2D eigenvalue weighted by atomic mass is 32.1. The third kappa shape index (κ3) is 4.26. The molecule has 0 aliphatic rings. The molecule has 1 amide bonds. The van der Waals surface area contributed by atoms with Crippen LogP contribution in [0.4, 0.5) is 10.5 Å². The molecule has 0 atom stereocenters. The lowest BCUT2D eigenvalue weighted by atomic mass is 10.1. The Labute approximate surface area is 147 Å². The largest absolute Gasteiger partial charge is 0.496 e. The lowest BCUT2D eigenvalue weighted by Gasteiger charge is -2.27. The maximum absolute atomic E-state index is 12.6. The van der Waals surface area contributed by atoms with Crippen LogP contribution < -0.4 is 9.64 Å². The summed E-state index contributed by atoms with van der Waals surface area (Å²) in [5, 5.41) is 3.85. The Kier molecular flexibility index (Phi) is 5.49. The maximum atomic E-state index is 12.6. The van der Waals surface area contributed by atoms with Crippen LogP contribution in [0.25, 0.3) is 0 Å². The van der Waals surface area contributed by atoms with Crippen LogP contribution in [0.15, 0.2) is 23.0 Å². The molecular formula is C18H24N2O3S. The van der Waals surface area contributed by atoms with E-state index in [1.165, 1.54) is 11.3 Å². The zero-order chi connectivity index (χ0) is 17.9. The summed E-state index contributed by atoms with van der Waals surface area (Å²) in [5.74, 6) is 0.800. The first kappa shape index (κ1) is 18.3. The minimum absolute atomic E-state index is 0.327. The summed E-state index contributed by atoms with van der Waals surface area (Å²) in [6.45, 7) is 9.80. The molecule has 0 spiro atoms. The molecule has 0 aliphatic heterocycles. The van der Waals surface area contributed by atoms with Crippen molar-refractivity contribution in [3.8, 4) is 5.75 Å². The summed E-state index contributed by atoms with van der Waals surface area (Å²) in [6.07, 6.45) is 1.38. The fraction of sp³-hybridized carbons (Fsp3) is 0.444. The van der Waals surface area contributed by atoms with Crippen molar-refractivity contribution >= 4 is 23.1 Å². The molecule has 2 rings (SSSR count). The fourth-order valence-electron chi connectivity index (χ4n) is 2.37. The average Bonchev–Trinajstić information content (AvgIpc) is 2.99. The highest BCUT2D eigenvalue weighted by Crippen LogP contribution is 2.28. The number of nitrogens with zero attached hydrogens (tertiary/aromatic N) is 2. The molecule has 0 aromatic carbocycles. The average molecular weight is 348 g/mol. The summed E-state index contributed by atoms with van der Waals surface area (Å²) in [5.41, 5.74) is 2.93. The second kappa shape index (κ2) is 7.21. The number of carbonyl (C=O) groups excluding carboxylic acids is 1. The molecule has 2 heterocycles. The number of hydrogen-bond donors (Lipinski definition) is 0. The number of thiophene rings is 1. The van der Waals surface area contributed by atoms with Crippen molar-refractivity contribution in [2.45, 2.75) is 46.8 Å². The Hall–Kier alpha value is -2.08. The second-order valence-corrected chi connectivity index (χ2v) is 7.37. The lowest BCUT2D eigenvalue weighted by Crippen LogP contribution is -2.36. The van der Waals surface area contributed by atoms with Crippen LogP contribution >= 0.6 is 11.3 Å². The highest BCUT2D eigenvalue weighted by Gasteiger charge is 2.25. The van der Waals surface area contributed by atoms with Gasteiger partial charge >= 0.3 is 6.09 Å². The van der Waals surface area contributed by atoms with Gasteiger partial charge in [-0.3, -0.25) is 9.88 Å². The van der Waals surface area contributed by atoms with Gasteiger partial charge in [-0.2, -0.15) is 11.3 Å². The molecule has 24 heavy (non-hydrogen) atoms. The van der Waals surface area contributed by atoms with Crippen LogP contribution in [0, 0.1) is 13.8 Å². The van der Waals surface area contributed by atoms with Crippen molar-refractivity contribution in [2.24, 2.45) is 0 Å². The van der Waals surface area contributed by atoms with Gasteiger partial charge in [-0.15, -0.1) is 0 Å². The van der Waals surface area contributed by atoms with Crippen molar-refractivity contribution in [2.75, 3.05) is 12.0 Å². The SMILES string of the molecule is COc1c(C)cnc(CN(C(=O)OC(C)(C)C)c2ccsc2)c1C. The molecule has 0 bridgehead atoms. The number of ether oxygens (including phenoxy) is 2. The molecule has 0 saturated heterocycles. The quantitative estimate of drug-likeness (QED) is 0.803. The molecule has 2 aromatic heterocycles. The van der Waals surface area contributed by atoms with Crippen LogP contribution in [0.5, 0.6) is 5.75 Å². The Balaban J connectivity index is 2.35. The number of aryl methyl sites for hydroxylation is 1. The molecular weight excluding hydrogens is 324 g/mol. The van der Waals surface area contributed by atoms with Gasteiger partial charge in [-0.1, -0.05) is 0 Å². The van der Waals surface area contributed by atoms with E-state index in [1.807, 2.05) is 51.4 Å². The maximum Gasteiger partial charge on any atom is 0.415 e. The normalized spacial score (nSPS) is 11.2. The van der Waals surface area contributed by atoms with Crippen LogP contribution in [-0.2, 0) is 11.3 Å². The molecule has 0 saturated carbocycles. The van der Waals surface area contributed by atoms with E-state index >= 15 is 0 Å². The van der Waals surface area contributed by atoms with E-state index in [2.05, 4.69) is 4.98 Å². The van der Waals surface area contributed by atoms with Crippen LogP contribution in [0.3, 0.4) is 0 Å². The van der Waals surface area contributed by atoms with Gasteiger partial charge in [0.15, 0.2) is 0 Å². The summed E-state index contributed by atoms with van der Waals surface area (Å²) >= 11 is 1.53. The summed E-state index contributed by atoms with van der Waals surface area (Å²) in [6, 6.07) is 1.90. The van der Waals surface area contributed by atoms with Gasteiger partial charge in [0.1, 0.15) is 11.4 Å². The molecule has 6 heteroatoms. The van der Waals surface area contributed by atoms with Crippen molar-refractivity contribution in [1.82, 2.24) is 4.98 Å². The highest BCUT2D eigenvalue weighted by molar-refractivity contribution is 7.08. The van der Waals surface area contributed by atoms with E-state index in [9.17, 15) is 4.79 Å². The van der Waals surface area contributed by atoms with Gasteiger partial charge in [0.2, 0.25) is 0 Å². The van der Waals surface area contributed by atoms with E-state index < -0.39 is 5.60 Å². The number of methoxy groups -OCH3 is 1. The molecule has 0 N–H and O–H groups in total. The zero-order valence-electron chi connectivity index (χ0n) is 15.0. The van der Waals surface area contributed by atoms with E-state index in [-0.39, 0.29) is 6.09 Å². The van der Waals surface area contributed by atoms with E-state index in [1.54, 1.807) is 18.2 Å². The van der Waals surface area contributed by atoms with Gasteiger partial charge in [0.05, 0.1) is 25.0 Å². The van der Waals surface area contributed by atoms with Crippen LogP contribution in [-0.4, -0.2) is 23.8 Å². The Morgan fingerprint density at radius 1 is 1.33 bits per heavy atom. The number of pyridine rings is 1. The van der Waals surface area contributed by atoms with Crippen molar-refractivity contribution in [3.63, 3.8) is 0 Å². The van der Waals surface area contributed by atoms with Crippen molar-refractivity contribution < 1.29 is 14.3 Å². The predicted octanol–water partition coefficient (Wildman–Crippen LogP) is 4.71. The summed E-state index contributed by atoms with van der Waals surface area (Å²) in [4.78, 5) is 18.7. The number of carbonyl (C=O) groups is 1. The van der Waals surface area contributed by atoms with E-state index in [4.69, 9.17) is 9.47 Å². The molecule has 2 aromatic rings. The van der Waals surface area contributed by atoms with Gasteiger partial charge in [0, 0.05) is 22.7 Å². The monoisotopic (exact) mass is 348 g/mol. The zero-order valence-corrected chi connectivity index (χ0v) is 15.9. The Morgan fingerprint density at radius 3 is 2.58 bits per heavy atom. The number of aromatic nitrogens is 1. The van der Waals surface area contributed by atoms with Gasteiger partial charge < -0.3 is 9.47 Å².